The Morgan fingerprint density at radius 3 is 2.62 bits per heavy atom. The number of fused-ring (bicyclic) bond motifs is 1. The van der Waals surface area contributed by atoms with Crippen LogP contribution >= 0.6 is 0 Å². The first-order valence-corrected chi connectivity index (χ1v) is 8.47. The van der Waals surface area contributed by atoms with E-state index < -0.39 is 11.5 Å². The number of Topliss-reactive ketones (excluding diaryl/α,β-unsaturated/α-hetero) is 1. The molecule has 0 saturated heterocycles. The summed E-state index contributed by atoms with van der Waals surface area (Å²) in [5, 5.41) is 11.0. The molecule has 2 rings (SSSR count). The first kappa shape index (κ1) is 18.2. The van der Waals surface area contributed by atoms with E-state index in [0.29, 0.717) is 17.5 Å². The summed E-state index contributed by atoms with van der Waals surface area (Å²) in [6.07, 6.45) is 2.08. The Morgan fingerprint density at radius 1 is 1.29 bits per heavy atom. The zero-order chi connectivity index (χ0) is 17.7. The Hall–Kier alpha value is -2.14. The minimum Gasteiger partial charge on any atom is -0.507 e. The molecule has 1 atom stereocenters. The zero-order valence-electron chi connectivity index (χ0n) is 14.5. The fourth-order valence-electron chi connectivity index (χ4n) is 2.90. The molecule has 0 bridgehead atoms. The summed E-state index contributed by atoms with van der Waals surface area (Å²) >= 11 is 0. The third kappa shape index (κ3) is 3.85. The number of benzene rings is 1. The summed E-state index contributed by atoms with van der Waals surface area (Å²) < 4.78 is 5.31. The molecule has 2 aromatic rings. The maximum Gasteiger partial charge on any atom is 0.344 e. The van der Waals surface area contributed by atoms with E-state index in [1.165, 1.54) is 6.92 Å². The van der Waals surface area contributed by atoms with Gasteiger partial charge in [-0.15, -0.1) is 0 Å². The van der Waals surface area contributed by atoms with E-state index >= 15 is 0 Å². The molecule has 5 nitrogen and oxygen atoms in total. The number of carbonyl (C=O) groups excluding carboxylic acids is 1. The first-order valence-electron chi connectivity index (χ1n) is 8.47. The van der Waals surface area contributed by atoms with Crippen molar-refractivity contribution in [1.29, 1.82) is 0 Å². The third-order valence-corrected chi connectivity index (χ3v) is 4.37. The number of ketones is 1. The van der Waals surface area contributed by atoms with Crippen molar-refractivity contribution in [2.45, 2.75) is 39.5 Å². The average Bonchev–Trinajstić information content (AvgIpc) is 2.56. The van der Waals surface area contributed by atoms with E-state index in [0.717, 1.165) is 25.9 Å². The highest BCUT2D eigenvalue weighted by Crippen LogP contribution is 2.31. The molecular formula is C19H25NO4. The number of nitrogens with zero attached hydrogens (tertiary/aromatic N) is 1. The molecule has 0 spiro atoms. The van der Waals surface area contributed by atoms with Gasteiger partial charge in [-0.25, -0.2) is 4.79 Å². The van der Waals surface area contributed by atoms with Gasteiger partial charge >= 0.3 is 5.63 Å². The van der Waals surface area contributed by atoms with Gasteiger partial charge in [-0.2, -0.15) is 0 Å². The highest BCUT2D eigenvalue weighted by atomic mass is 16.4. The topological polar surface area (TPSA) is 70.8 Å². The summed E-state index contributed by atoms with van der Waals surface area (Å²) in [7, 11) is 0. The van der Waals surface area contributed by atoms with Crippen molar-refractivity contribution in [2.24, 2.45) is 0 Å². The molecule has 0 aliphatic heterocycles. The maximum atomic E-state index is 12.4. The Balaban J connectivity index is 2.46. The number of unbranched alkanes of at least 4 members (excludes halogenated alkanes) is 1. The van der Waals surface area contributed by atoms with Crippen molar-refractivity contribution < 1.29 is 14.3 Å². The molecule has 0 aliphatic rings. The van der Waals surface area contributed by atoms with Crippen LogP contribution in [0.15, 0.2) is 33.5 Å². The standard InChI is InChI=1S/C19H25NO4/c1-4-6-11-20(5-2)12-15(13(3)21)17-18(22)14-9-7-8-10-16(14)24-19(17)23/h7-10,15,22H,4-6,11-12H2,1-3H3/t15-/m1/s1. The average molecular weight is 331 g/mol. The van der Waals surface area contributed by atoms with Crippen LogP contribution in [0.3, 0.4) is 0 Å². The summed E-state index contributed by atoms with van der Waals surface area (Å²) in [6, 6.07) is 6.80. The normalized spacial score (nSPS) is 12.7. The minimum atomic E-state index is -0.692. The molecule has 0 radical (unpaired) electrons. The summed E-state index contributed by atoms with van der Waals surface area (Å²) in [4.78, 5) is 26.7. The van der Waals surface area contributed by atoms with Crippen molar-refractivity contribution in [2.75, 3.05) is 19.6 Å². The lowest BCUT2D eigenvalue weighted by Gasteiger charge is -2.25. The number of hydrogen-bond acceptors (Lipinski definition) is 5. The van der Waals surface area contributed by atoms with Crippen LogP contribution in [-0.4, -0.2) is 35.4 Å². The molecule has 130 valence electrons. The molecule has 0 aliphatic carbocycles. The van der Waals surface area contributed by atoms with Crippen LogP contribution in [0.25, 0.3) is 11.0 Å². The van der Waals surface area contributed by atoms with E-state index in [9.17, 15) is 14.7 Å². The van der Waals surface area contributed by atoms with E-state index in [1.54, 1.807) is 24.3 Å². The third-order valence-electron chi connectivity index (χ3n) is 4.37. The van der Waals surface area contributed by atoms with Gasteiger partial charge < -0.3 is 14.4 Å². The van der Waals surface area contributed by atoms with E-state index in [1.807, 2.05) is 6.92 Å². The van der Waals surface area contributed by atoms with E-state index in [4.69, 9.17) is 4.42 Å². The van der Waals surface area contributed by atoms with Crippen LogP contribution in [0, 0.1) is 0 Å². The van der Waals surface area contributed by atoms with E-state index in [2.05, 4.69) is 11.8 Å². The van der Waals surface area contributed by atoms with Crippen LogP contribution in [0.2, 0.25) is 0 Å². The molecule has 0 saturated carbocycles. The van der Waals surface area contributed by atoms with Gasteiger partial charge in [0.1, 0.15) is 17.1 Å². The van der Waals surface area contributed by atoms with Crippen molar-refractivity contribution in [3.63, 3.8) is 0 Å². The second-order valence-corrected chi connectivity index (χ2v) is 6.06. The summed E-state index contributed by atoms with van der Waals surface area (Å²) in [5.41, 5.74) is -0.251. The molecule has 0 fully saturated rings. The first-order chi connectivity index (χ1) is 11.5. The van der Waals surface area contributed by atoms with Gasteiger partial charge in [-0.1, -0.05) is 32.4 Å². The van der Waals surface area contributed by atoms with Gasteiger partial charge in [0.25, 0.3) is 0 Å². The van der Waals surface area contributed by atoms with Crippen molar-refractivity contribution in [3.8, 4) is 5.75 Å². The molecular weight excluding hydrogens is 306 g/mol. The molecule has 5 heteroatoms. The molecule has 0 amide bonds. The van der Waals surface area contributed by atoms with Crippen molar-refractivity contribution in [1.82, 2.24) is 4.90 Å². The highest BCUT2D eigenvalue weighted by molar-refractivity contribution is 5.89. The van der Waals surface area contributed by atoms with Crippen LogP contribution in [0.5, 0.6) is 5.75 Å². The fourth-order valence-corrected chi connectivity index (χ4v) is 2.90. The number of hydrogen-bond donors (Lipinski definition) is 1. The van der Waals surface area contributed by atoms with Gasteiger partial charge in [0.2, 0.25) is 0 Å². The SMILES string of the molecule is CCCCN(CC)C[C@H](C(C)=O)c1c(O)c2ccccc2oc1=O. The zero-order valence-corrected chi connectivity index (χ0v) is 14.5. The Morgan fingerprint density at radius 2 is 2.00 bits per heavy atom. The Kier molecular flexibility index (Phi) is 6.15. The van der Waals surface area contributed by atoms with Crippen LogP contribution < -0.4 is 5.63 Å². The number of carbonyl (C=O) groups is 1. The van der Waals surface area contributed by atoms with Gasteiger partial charge in [0.15, 0.2) is 0 Å². The molecule has 0 unspecified atom stereocenters. The second-order valence-electron chi connectivity index (χ2n) is 6.06. The molecule has 1 heterocycles. The molecule has 1 aromatic carbocycles. The molecule has 24 heavy (non-hydrogen) atoms. The van der Waals surface area contributed by atoms with Crippen LogP contribution in [0.1, 0.15) is 45.1 Å². The summed E-state index contributed by atoms with van der Waals surface area (Å²) in [6.45, 7) is 7.63. The van der Waals surface area contributed by atoms with E-state index in [-0.39, 0.29) is 17.1 Å². The smallest absolute Gasteiger partial charge is 0.344 e. The van der Waals surface area contributed by atoms with Gasteiger partial charge in [-0.3, -0.25) is 4.79 Å². The molecule has 1 aromatic heterocycles. The summed E-state index contributed by atoms with van der Waals surface area (Å²) in [5.74, 6) is -0.987. The van der Waals surface area contributed by atoms with Gasteiger partial charge in [0.05, 0.1) is 16.9 Å². The number of para-hydroxylation sites is 1. The minimum absolute atomic E-state index is 0.0659. The Bertz CT molecular complexity index is 766. The lowest BCUT2D eigenvalue weighted by molar-refractivity contribution is -0.119. The lowest BCUT2D eigenvalue weighted by Crippen LogP contribution is -2.34. The van der Waals surface area contributed by atoms with Gasteiger partial charge in [0, 0.05) is 6.54 Å². The quantitative estimate of drug-likeness (QED) is 0.752. The lowest BCUT2D eigenvalue weighted by atomic mass is 9.94. The highest BCUT2D eigenvalue weighted by Gasteiger charge is 2.28. The maximum absolute atomic E-state index is 12.4. The second kappa shape index (κ2) is 8.11. The van der Waals surface area contributed by atoms with Crippen molar-refractivity contribution in [3.05, 3.63) is 40.2 Å². The van der Waals surface area contributed by atoms with Crippen molar-refractivity contribution >= 4 is 16.8 Å². The largest absolute Gasteiger partial charge is 0.507 e. The number of likely N-dealkylation sites (N-methyl/N-ethyl adjacent to an activating group) is 1. The monoisotopic (exact) mass is 331 g/mol. The fraction of sp³-hybridized carbons (Fsp3) is 0.474. The predicted molar refractivity (Wildman–Crippen MR) is 94.6 cm³/mol. The number of rotatable bonds is 8. The van der Waals surface area contributed by atoms with Crippen LogP contribution in [0.4, 0.5) is 0 Å². The number of aromatic hydroxyl groups is 1. The molecule has 1 N–H and O–H groups in total. The van der Waals surface area contributed by atoms with Gasteiger partial charge in [-0.05, 0) is 38.6 Å². The predicted octanol–water partition coefficient (Wildman–Crippen LogP) is 3.29. The van der Waals surface area contributed by atoms with Crippen LogP contribution in [-0.2, 0) is 4.79 Å². The Labute approximate surface area is 141 Å².